The third kappa shape index (κ3) is 4.84. The number of benzene rings is 2. The third-order valence-electron chi connectivity index (χ3n) is 6.24. The minimum Gasteiger partial charge on any atom is -0.480 e. The van der Waals surface area contributed by atoms with Crippen LogP contribution in [0.5, 0.6) is 0 Å². The number of halogens is 3. The van der Waals surface area contributed by atoms with Gasteiger partial charge in [-0.05, 0) is 67.0 Å². The largest absolute Gasteiger partial charge is 0.480 e. The van der Waals surface area contributed by atoms with Gasteiger partial charge in [0.2, 0.25) is 0 Å². The molecular formula is C24H24F3NO4. The zero-order valence-corrected chi connectivity index (χ0v) is 17.5. The van der Waals surface area contributed by atoms with Gasteiger partial charge < -0.3 is 10.4 Å². The van der Waals surface area contributed by atoms with Crippen molar-refractivity contribution in [3.8, 4) is 11.1 Å². The smallest absolute Gasteiger partial charge is 0.416 e. The highest BCUT2D eigenvalue weighted by Gasteiger charge is 2.43. The number of carbonyl (C=O) groups excluding carboxylic acids is 2. The molecule has 2 aromatic rings. The molecule has 1 aliphatic rings. The zero-order chi connectivity index (χ0) is 23.5. The summed E-state index contributed by atoms with van der Waals surface area (Å²) < 4.78 is 39.3. The van der Waals surface area contributed by atoms with Crippen LogP contribution >= 0.6 is 0 Å². The second kappa shape index (κ2) is 9.14. The predicted molar refractivity (Wildman–Crippen MR) is 112 cm³/mol. The maximum atomic E-state index is 13.1. The number of amides is 1. The lowest BCUT2D eigenvalue weighted by molar-refractivity contribution is -0.146. The summed E-state index contributed by atoms with van der Waals surface area (Å²) in [5, 5.41) is 12.4. The van der Waals surface area contributed by atoms with Gasteiger partial charge in [-0.3, -0.25) is 9.59 Å². The van der Waals surface area contributed by atoms with Crippen molar-refractivity contribution in [2.45, 2.75) is 50.7 Å². The zero-order valence-electron chi connectivity index (χ0n) is 17.5. The summed E-state index contributed by atoms with van der Waals surface area (Å²) >= 11 is 0. The Bertz CT molecular complexity index is 1020. The molecular weight excluding hydrogens is 423 g/mol. The fourth-order valence-corrected chi connectivity index (χ4v) is 4.17. The molecule has 1 amide bonds. The lowest BCUT2D eigenvalue weighted by Crippen LogP contribution is -2.56. The lowest BCUT2D eigenvalue weighted by atomic mass is 9.75. The number of aldehydes is 1. The van der Waals surface area contributed by atoms with E-state index in [1.165, 1.54) is 30.3 Å². The first-order chi connectivity index (χ1) is 15.1. The van der Waals surface area contributed by atoms with Crippen LogP contribution < -0.4 is 5.32 Å². The highest BCUT2D eigenvalue weighted by atomic mass is 19.4. The fraction of sp³-hybridized carbons (Fsp3) is 0.375. The van der Waals surface area contributed by atoms with E-state index in [9.17, 15) is 32.7 Å². The van der Waals surface area contributed by atoms with Crippen LogP contribution in [-0.4, -0.2) is 28.8 Å². The fourth-order valence-electron chi connectivity index (χ4n) is 4.17. The lowest BCUT2D eigenvalue weighted by Gasteiger charge is -2.37. The topological polar surface area (TPSA) is 83.5 Å². The van der Waals surface area contributed by atoms with E-state index < -0.39 is 29.2 Å². The third-order valence-corrected chi connectivity index (χ3v) is 6.24. The second-order valence-corrected chi connectivity index (χ2v) is 8.19. The van der Waals surface area contributed by atoms with Crippen molar-refractivity contribution >= 4 is 18.2 Å². The van der Waals surface area contributed by atoms with E-state index >= 15 is 0 Å². The quantitative estimate of drug-likeness (QED) is 0.586. The van der Waals surface area contributed by atoms with Gasteiger partial charge in [0.1, 0.15) is 5.54 Å². The summed E-state index contributed by atoms with van der Waals surface area (Å²) in [6.07, 6.45) is -1.14. The van der Waals surface area contributed by atoms with E-state index in [0.29, 0.717) is 37.9 Å². The van der Waals surface area contributed by atoms with Crippen molar-refractivity contribution in [3.63, 3.8) is 0 Å². The van der Waals surface area contributed by atoms with Gasteiger partial charge in [-0.1, -0.05) is 31.5 Å². The highest BCUT2D eigenvalue weighted by molar-refractivity contribution is 6.00. The van der Waals surface area contributed by atoms with Crippen LogP contribution in [0.4, 0.5) is 13.2 Å². The standard InChI is InChI=1S/C24H24F3NO4/c1-2-15-8-10-23(11-9-15,22(31)32)28-21(30)17-6-7-18(14-29)20(13-17)16-4-3-5-19(12-16)24(25,26)27/h3-7,12-15H,2,8-11H2,1H3,(H,28,30)(H,31,32)/t15-,23-. The molecule has 8 heteroatoms. The van der Waals surface area contributed by atoms with E-state index in [1.807, 2.05) is 6.92 Å². The van der Waals surface area contributed by atoms with E-state index in [1.54, 1.807) is 0 Å². The Labute approximate surface area is 183 Å². The summed E-state index contributed by atoms with van der Waals surface area (Å²) in [6, 6.07) is 8.51. The minimum atomic E-state index is -4.56. The van der Waals surface area contributed by atoms with E-state index in [-0.39, 0.29) is 22.3 Å². The summed E-state index contributed by atoms with van der Waals surface area (Å²) in [4.78, 5) is 36.4. The van der Waals surface area contributed by atoms with Gasteiger partial charge in [0.05, 0.1) is 5.56 Å². The molecule has 1 fully saturated rings. The Balaban J connectivity index is 1.93. The molecule has 0 aromatic heterocycles. The molecule has 0 atom stereocenters. The van der Waals surface area contributed by atoms with Gasteiger partial charge in [0.15, 0.2) is 6.29 Å². The van der Waals surface area contributed by atoms with E-state index in [4.69, 9.17) is 0 Å². The van der Waals surface area contributed by atoms with Gasteiger partial charge in [0, 0.05) is 11.1 Å². The maximum Gasteiger partial charge on any atom is 0.416 e. The van der Waals surface area contributed by atoms with Crippen LogP contribution in [0.25, 0.3) is 11.1 Å². The van der Waals surface area contributed by atoms with Crippen molar-refractivity contribution in [2.75, 3.05) is 0 Å². The number of carboxylic acids is 1. The van der Waals surface area contributed by atoms with Gasteiger partial charge in [-0.25, -0.2) is 4.79 Å². The second-order valence-electron chi connectivity index (χ2n) is 8.19. The number of alkyl halides is 3. The van der Waals surface area contributed by atoms with Crippen molar-refractivity contribution in [3.05, 3.63) is 59.2 Å². The van der Waals surface area contributed by atoms with E-state index in [0.717, 1.165) is 18.6 Å². The molecule has 32 heavy (non-hydrogen) atoms. The number of hydrogen-bond donors (Lipinski definition) is 2. The maximum absolute atomic E-state index is 13.1. The average Bonchev–Trinajstić information content (AvgIpc) is 2.78. The van der Waals surface area contributed by atoms with Gasteiger partial charge >= 0.3 is 12.1 Å². The number of hydrogen-bond acceptors (Lipinski definition) is 3. The highest BCUT2D eigenvalue weighted by Crippen LogP contribution is 2.35. The number of carbonyl (C=O) groups is 3. The van der Waals surface area contributed by atoms with Crippen LogP contribution in [0.2, 0.25) is 0 Å². The van der Waals surface area contributed by atoms with Crippen molar-refractivity contribution in [2.24, 2.45) is 5.92 Å². The Morgan fingerprint density at radius 1 is 1.16 bits per heavy atom. The predicted octanol–water partition coefficient (Wildman–Crippen LogP) is 5.34. The molecule has 0 bridgehead atoms. The molecule has 2 aromatic carbocycles. The molecule has 170 valence electrons. The molecule has 0 unspecified atom stereocenters. The molecule has 0 heterocycles. The summed E-state index contributed by atoms with van der Waals surface area (Å²) in [5.41, 5.74) is -1.77. The van der Waals surface area contributed by atoms with Crippen molar-refractivity contribution in [1.82, 2.24) is 5.32 Å². The molecule has 2 N–H and O–H groups in total. The number of rotatable bonds is 6. The minimum absolute atomic E-state index is 0.0706. The Hall–Kier alpha value is -3.16. The molecule has 5 nitrogen and oxygen atoms in total. The molecule has 0 spiro atoms. The Morgan fingerprint density at radius 2 is 1.84 bits per heavy atom. The Morgan fingerprint density at radius 3 is 2.41 bits per heavy atom. The number of carboxylic acid groups (broad SMARTS) is 1. The number of nitrogens with one attached hydrogen (secondary N) is 1. The van der Waals surface area contributed by atoms with Crippen molar-refractivity contribution in [1.29, 1.82) is 0 Å². The summed E-state index contributed by atoms with van der Waals surface area (Å²) in [5.74, 6) is -1.34. The first kappa shape index (κ1) is 23.5. The van der Waals surface area contributed by atoms with Crippen LogP contribution in [0.1, 0.15) is 65.3 Å². The van der Waals surface area contributed by atoms with Gasteiger partial charge in [-0.2, -0.15) is 13.2 Å². The first-order valence-corrected chi connectivity index (χ1v) is 10.4. The first-order valence-electron chi connectivity index (χ1n) is 10.4. The van der Waals surface area contributed by atoms with Gasteiger partial charge in [-0.15, -0.1) is 0 Å². The van der Waals surface area contributed by atoms with Crippen LogP contribution in [0.15, 0.2) is 42.5 Å². The Kier molecular flexibility index (Phi) is 6.71. The molecule has 3 rings (SSSR count). The van der Waals surface area contributed by atoms with E-state index in [2.05, 4.69) is 5.32 Å². The SMILES string of the molecule is CC[C@H]1CC[C@@](NC(=O)c2ccc(C=O)c(-c3cccc(C(F)(F)F)c3)c2)(C(=O)O)CC1. The van der Waals surface area contributed by atoms with Crippen LogP contribution in [0, 0.1) is 5.92 Å². The van der Waals surface area contributed by atoms with Crippen molar-refractivity contribution < 1.29 is 32.7 Å². The van der Waals surface area contributed by atoms with Gasteiger partial charge in [0.25, 0.3) is 5.91 Å². The summed E-state index contributed by atoms with van der Waals surface area (Å²) in [6.45, 7) is 2.04. The normalized spacial score (nSPS) is 21.1. The summed E-state index contributed by atoms with van der Waals surface area (Å²) in [7, 11) is 0. The molecule has 0 saturated heterocycles. The molecule has 0 aliphatic heterocycles. The van der Waals surface area contributed by atoms with Crippen LogP contribution in [0.3, 0.4) is 0 Å². The molecule has 1 aliphatic carbocycles. The average molecular weight is 447 g/mol. The van der Waals surface area contributed by atoms with Crippen LogP contribution in [-0.2, 0) is 11.0 Å². The monoisotopic (exact) mass is 447 g/mol. The molecule has 1 saturated carbocycles. The number of aliphatic carboxylic acids is 1. The molecule has 0 radical (unpaired) electrons.